The second kappa shape index (κ2) is 9.58. The number of urea groups is 1. The summed E-state index contributed by atoms with van der Waals surface area (Å²) in [6, 6.07) is 6.88. The summed E-state index contributed by atoms with van der Waals surface area (Å²) >= 11 is 0. The van der Waals surface area contributed by atoms with Crippen LogP contribution >= 0.6 is 0 Å². The first kappa shape index (κ1) is 23.7. The molecule has 1 atom stereocenters. The van der Waals surface area contributed by atoms with E-state index < -0.39 is 17.7 Å². The van der Waals surface area contributed by atoms with Crippen molar-refractivity contribution in [1.82, 2.24) is 34.6 Å². The number of nitrogens with zero attached hydrogens (tertiary/aromatic N) is 11. The van der Waals surface area contributed by atoms with E-state index in [0.29, 0.717) is 44.0 Å². The lowest BCUT2D eigenvalue weighted by Gasteiger charge is -2.37. The topological polar surface area (TPSA) is 143 Å². The molecule has 12 nitrogen and oxygen atoms in total. The molecule has 0 N–H and O–H groups in total. The Hall–Kier alpha value is -4.98. The maximum atomic E-state index is 14.5. The normalized spacial score (nSPS) is 17.1. The molecule has 14 heteroatoms. The molecule has 1 fully saturated rings. The Morgan fingerprint density at radius 1 is 1.08 bits per heavy atom. The van der Waals surface area contributed by atoms with Gasteiger partial charge < -0.3 is 9.80 Å². The third-order valence-corrected chi connectivity index (χ3v) is 6.08. The summed E-state index contributed by atoms with van der Waals surface area (Å²) in [6.45, 7) is 2.97. The van der Waals surface area contributed by atoms with Gasteiger partial charge in [0.1, 0.15) is 17.7 Å². The van der Waals surface area contributed by atoms with Gasteiger partial charge in [0.25, 0.3) is 5.82 Å². The van der Waals surface area contributed by atoms with E-state index in [-0.39, 0.29) is 29.2 Å². The zero-order valence-corrected chi connectivity index (χ0v) is 19.6. The van der Waals surface area contributed by atoms with Crippen LogP contribution in [0.5, 0.6) is 0 Å². The number of hydrogen-bond donors (Lipinski definition) is 0. The molecule has 2 aliphatic rings. The Bertz CT molecular complexity index is 1480. The highest BCUT2D eigenvalue weighted by Crippen LogP contribution is 2.30. The van der Waals surface area contributed by atoms with Crippen LogP contribution < -0.4 is 4.90 Å². The minimum atomic E-state index is -0.718. The van der Waals surface area contributed by atoms with Crippen LogP contribution in [0.3, 0.4) is 0 Å². The Kier molecular flexibility index (Phi) is 6.15. The quantitative estimate of drug-likeness (QED) is 0.528. The smallest absolute Gasteiger partial charge is 0.337 e. The van der Waals surface area contributed by atoms with Crippen molar-refractivity contribution in [2.24, 2.45) is 5.10 Å². The molecule has 0 aliphatic carbocycles. The number of hydrogen-bond acceptors (Lipinski definition) is 9. The van der Waals surface area contributed by atoms with Gasteiger partial charge in [0, 0.05) is 38.8 Å². The maximum absolute atomic E-state index is 14.5. The van der Waals surface area contributed by atoms with Gasteiger partial charge in [-0.1, -0.05) is 0 Å². The number of halogens is 2. The first-order chi connectivity index (χ1) is 17.9. The number of hydrazone groups is 1. The predicted molar refractivity (Wildman–Crippen MR) is 124 cm³/mol. The summed E-state index contributed by atoms with van der Waals surface area (Å²) in [7, 11) is 0. The molecule has 37 heavy (non-hydrogen) atoms. The van der Waals surface area contributed by atoms with E-state index in [2.05, 4.69) is 25.2 Å². The van der Waals surface area contributed by atoms with Gasteiger partial charge in [-0.05, 0) is 30.7 Å². The van der Waals surface area contributed by atoms with Gasteiger partial charge in [-0.3, -0.25) is 0 Å². The van der Waals surface area contributed by atoms with Crippen molar-refractivity contribution in [2.75, 3.05) is 31.1 Å². The number of aryl methyl sites for hydroxylation is 1. The number of piperazine rings is 1. The summed E-state index contributed by atoms with van der Waals surface area (Å²) in [5, 5.41) is 27.6. The van der Waals surface area contributed by atoms with Crippen LogP contribution in [0.25, 0.3) is 5.82 Å². The third kappa shape index (κ3) is 4.52. The Morgan fingerprint density at radius 2 is 1.86 bits per heavy atom. The Labute approximate surface area is 209 Å². The zero-order chi connectivity index (χ0) is 26.1. The van der Waals surface area contributed by atoms with Crippen LogP contribution in [-0.4, -0.2) is 73.1 Å². The fourth-order valence-corrected chi connectivity index (χ4v) is 4.28. The molecular formula is C23H19F2N11O. The molecule has 3 aromatic rings. The fraction of sp³-hybridized carbons (Fsp3) is 0.304. The van der Waals surface area contributed by atoms with Gasteiger partial charge in [-0.15, -0.1) is 5.10 Å². The minimum absolute atomic E-state index is 0.103. The second-order valence-corrected chi connectivity index (χ2v) is 8.38. The molecule has 1 aromatic carbocycles. The number of aromatic nitrogens is 5. The van der Waals surface area contributed by atoms with Crippen molar-refractivity contribution in [3.63, 3.8) is 0 Å². The Balaban J connectivity index is 1.29. The van der Waals surface area contributed by atoms with Gasteiger partial charge in [0.2, 0.25) is 5.95 Å². The molecule has 1 saturated heterocycles. The monoisotopic (exact) mass is 503 g/mol. The third-order valence-electron chi connectivity index (χ3n) is 6.08. The highest BCUT2D eigenvalue weighted by Gasteiger charge is 2.34. The molecular weight excluding hydrogens is 484 g/mol. The number of anilines is 1. The molecule has 0 saturated carbocycles. The van der Waals surface area contributed by atoms with Crippen LogP contribution in [-0.2, 0) is 0 Å². The van der Waals surface area contributed by atoms with E-state index in [9.17, 15) is 13.6 Å². The van der Waals surface area contributed by atoms with Crippen LogP contribution in [0.4, 0.5) is 19.5 Å². The van der Waals surface area contributed by atoms with Gasteiger partial charge in [-0.2, -0.15) is 25.3 Å². The number of benzene rings is 1. The molecule has 1 unspecified atom stereocenters. The van der Waals surface area contributed by atoms with Gasteiger partial charge in [-0.25, -0.2) is 28.6 Å². The molecule has 0 bridgehead atoms. The van der Waals surface area contributed by atoms with Crippen molar-refractivity contribution < 1.29 is 13.6 Å². The largest absolute Gasteiger partial charge is 0.341 e. The number of rotatable bonds is 3. The van der Waals surface area contributed by atoms with Gasteiger partial charge in [0.05, 0.1) is 23.9 Å². The van der Waals surface area contributed by atoms with Crippen molar-refractivity contribution >= 4 is 18.2 Å². The first-order valence-electron chi connectivity index (χ1n) is 11.3. The minimum Gasteiger partial charge on any atom is -0.337 e. The standard InChI is InChI=1S/C23H19F2N11O/c1-14-30-20(12-27)32-35(14)21-18(25)13-28-22(31-21)33-4-6-34(7-5-33)23(37)36-19(2-3-29-36)16-8-15(11-26)9-17(24)10-16/h3,8-10,13,19H,2,4-7H2,1H3. The van der Waals surface area contributed by atoms with E-state index >= 15 is 0 Å². The average molecular weight is 503 g/mol. The number of carbonyl (C=O) groups excluding carboxylic acids is 1. The first-order valence-corrected chi connectivity index (χ1v) is 11.3. The number of nitriles is 2. The fourth-order valence-electron chi connectivity index (χ4n) is 4.28. The summed E-state index contributed by atoms with van der Waals surface area (Å²) in [6.07, 6.45) is 3.02. The maximum Gasteiger partial charge on any atom is 0.341 e. The van der Waals surface area contributed by atoms with Crippen LogP contribution in [0.1, 0.15) is 35.2 Å². The highest BCUT2D eigenvalue weighted by atomic mass is 19.1. The molecule has 0 radical (unpaired) electrons. The lowest BCUT2D eigenvalue weighted by molar-refractivity contribution is 0.139. The van der Waals surface area contributed by atoms with Gasteiger partial charge >= 0.3 is 6.03 Å². The van der Waals surface area contributed by atoms with Gasteiger partial charge in [0.15, 0.2) is 11.6 Å². The molecule has 2 amide bonds. The van der Waals surface area contributed by atoms with Crippen molar-refractivity contribution in [3.05, 3.63) is 58.8 Å². The van der Waals surface area contributed by atoms with Crippen molar-refractivity contribution in [2.45, 2.75) is 19.4 Å². The lowest BCUT2D eigenvalue weighted by atomic mass is 10.0. The molecule has 186 valence electrons. The van der Waals surface area contributed by atoms with E-state index in [1.165, 1.54) is 11.1 Å². The SMILES string of the molecule is Cc1nc(C#N)nn1-c1nc(N2CCN(C(=O)N3N=CCC3c3cc(F)cc(C#N)c3)CC2)ncc1F. The summed E-state index contributed by atoms with van der Waals surface area (Å²) in [4.78, 5) is 29.0. The Morgan fingerprint density at radius 3 is 2.57 bits per heavy atom. The van der Waals surface area contributed by atoms with E-state index in [0.717, 1.165) is 16.9 Å². The molecule has 4 heterocycles. The van der Waals surface area contributed by atoms with E-state index in [1.54, 1.807) is 29.0 Å². The molecule has 0 spiro atoms. The predicted octanol–water partition coefficient (Wildman–Crippen LogP) is 2.06. The van der Waals surface area contributed by atoms with Crippen LogP contribution in [0.15, 0.2) is 29.5 Å². The van der Waals surface area contributed by atoms with Crippen LogP contribution in [0.2, 0.25) is 0 Å². The summed E-state index contributed by atoms with van der Waals surface area (Å²) < 4.78 is 29.6. The zero-order valence-electron chi connectivity index (χ0n) is 19.6. The summed E-state index contributed by atoms with van der Waals surface area (Å²) in [5.41, 5.74) is 0.669. The van der Waals surface area contributed by atoms with E-state index in [4.69, 9.17) is 10.5 Å². The van der Waals surface area contributed by atoms with E-state index in [1.807, 2.05) is 12.1 Å². The van der Waals surface area contributed by atoms with Crippen molar-refractivity contribution in [1.29, 1.82) is 10.5 Å². The summed E-state index contributed by atoms with van der Waals surface area (Å²) in [5.74, 6) is -0.949. The average Bonchev–Trinajstić information content (AvgIpc) is 3.55. The molecule has 2 aliphatic heterocycles. The van der Waals surface area contributed by atoms with Crippen molar-refractivity contribution in [3.8, 4) is 18.0 Å². The van der Waals surface area contributed by atoms with Crippen LogP contribution in [0, 0.1) is 41.2 Å². The molecule has 2 aromatic heterocycles. The second-order valence-electron chi connectivity index (χ2n) is 8.38. The number of carbonyl (C=O) groups is 1. The highest BCUT2D eigenvalue weighted by molar-refractivity contribution is 5.78. The lowest BCUT2D eigenvalue weighted by Crippen LogP contribution is -2.52. The number of amides is 2. The molecule has 5 rings (SSSR count).